The standard InChI is InChI=1S/C40H27N5/c1-3-11-26(12-4-1)30-19-31(27-13-5-2-6-14-27)21-32(20-30)33-24-41-38(42-25-33)40-44-36-23-29-16-8-7-15-28(29)22-34(36)39-43-35-17-9-10-18-37(35)45(39)40/h1-25,40,44H. The predicted octanol–water partition coefficient (Wildman–Crippen LogP) is 9.62. The Balaban J connectivity index is 1.16. The second kappa shape index (κ2) is 10.3. The zero-order chi connectivity index (χ0) is 29.7. The molecule has 0 amide bonds. The first kappa shape index (κ1) is 25.4. The normalized spacial score (nSPS) is 13.7. The Hall–Kier alpha value is -6.07. The Morgan fingerprint density at radius 1 is 0.511 bits per heavy atom. The Labute approximate surface area is 260 Å². The van der Waals surface area contributed by atoms with Gasteiger partial charge in [-0.15, -0.1) is 0 Å². The zero-order valence-electron chi connectivity index (χ0n) is 24.3. The fraction of sp³-hybridized carbons (Fsp3) is 0.0250. The van der Waals surface area contributed by atoms with E-state index in [0.717, 1.165) is 50.4 Å². The minimum Gasteiger partial charge on any atom is -0.358 e. The molecule has 0 spiro atoms. The monoisotopic (exact) mass is 577 g/mol. The lowest BCUT2D eigenvalue weighted by Crippen LogP contribution is -2.26. The van der Waals surface area contributed by atoms with Gasteiger partial charge >= 0.3 is 0 Å². The topological polar surface area (TPSA) is 55.6 Å². The van der Waals surface area contributed by atoms with E-state index in [9.17, 15) is 0 Å². The van der Waals surface area contributed by atoms with Gasteiger partial charge in [0.25, 0.3) is 0 Å². The van der Waals surface area contributed by atoms with Gasteiger partial charge in [-0.05, 0) is 81.1 Å². The molecule has 8 aromatic rings. The summed E-state index contributed by atoms with van der Waals surface area (Å²) in [5.41, 5.74) is 10.8. The van der Waals surface area contributed by atoms with E-state index in [4.69, 9.17) is 15.0 Å². The maximum absolute atomic E-state index is 5.09. The van der Waals surface area contributed by atoms with Crippen molar-refractivity contribution in [1.29, 1.82) is 0 Å². The molecule has 5 nitrogen and oxygen atoms in total. The molecule has 45 heavy (non-hydrogen) atoms. The Bertz CT molecular complexity index is 2280. The van der Waals surface area contributed by atoms with E-state index in [1.165, 1.54) is 21.9 Å². The molecule has 1 N–H and O–H groups in total. The van der Waals surface area contributed by atoms with Crippen molar-refractivity contribution in [2.75, 3.05) is 5.32 Å². The van der Waals surface area contributed by atoms with Gasteiger partial charge in [0.1, 0.15) is 5.82 Å². The smallest absolute Gasteiger partial charge is 0.172 e. The Morgan fingerprint density at radius 3 is 1.73 bits per heavy atom. The molecule has 1 atom stereocenters. The van der Waals surface area contributed by atoms with Gasteiger partial charge in [-0.1, -0.05) is 97.1 Å². The third kappa shape index (κ3) is 4.36. The molecule has 3 heterocycles. The largest absolute Gasteiger partial charge is 0.358 e. The summed E-state index contributed by atoms with van der Waals surface area (Å²) in [5.74, 6) is 1.60. The van der Waals surface area contributed by atoms with Crippen LogP contribution in [0.5, 0.6) is 0 Å². The van der Waals surface area contributed by atoms with Gasteiger partial charge < -0.3 is 5.32 Å². The summed E-state index contributed by atoms with van der Waals surface area (Å²) >= 11 is 0. The number of anilines is 1. The number of para-hydroxylation sites is 2. The van der Waals surface area contributed by atoms with Gasteiger partial charge in [0.05, 0.1) is 11.0 Å². The third-order valence-electron chi connectivity index (χ3n) is 8.67. The van der Waals surface area contributed by atoms with E-state index in [1.54, 1.807) is 0 Å². The number of benzene rings is 6. The van der Waals surface area contributed by atoms with E-state index in [1.807, 2.05) is 30.6 Å². The van der Waals surface area contributed by atoms with Crippen molar-refractivity contribution in [1.82, 2.24) is 19.5 Å². The summed E-state index contributed by atoms with van der Waals surface area (Å²) in [7, 11) is 0. The lowest BCUT2D eigenvalue weighted by molar-refractivity contribution is 0.626. The minimum absolute atomic E-state index is 0.314. The van der Waals surface area contributed by atoms with E-state index < -0.39 is 0 Å². The number of fused-ring (bicyclic) bond motifs is 6. The quantitative estimate of drug-likeness (QED) is 0.226. The van der Waals surface area contributed by atoms with Crippen molar-refractivity contribution in [3.8, 4) is 44.8 Å². The molecule has 0 radical (unpaired) electrons. The van der Waals surface area contributed by atoms with Crippen LogP contribution in [0.15, 0.2) is 152 Å². The average Bonchev–Trinajstić information content (AvgIpc) is 3.51. The minimum atomic E-state index is -0.314. The van der Waals surface area contributed by atoms with Gasteiger partial charge in [0.15, 0.2) is 12.0 Å². The van der Waals surface area contributed by atoms with E-state index in [-0.39, 0.29) is 6.17 Å². The summed E-state index contributed by atoms with van der Waals surface area (Å²) < 4.78 is 2.23. The fourth-order valence-electron chi connectivity index (χ4n) is 6.45. The predicted molar refractivity (Wildman–Crippen MR) is 183 cm³/mol. The second-order valence-electron chi connectivity index (χ2n) is 11.4. The van der Waals surface area contributed by atoms with Crippen molar-refractivity contribution < 1.29 is 0 Å². The maximum atomic E-state index is 5.09. The summed E-state index contributed by atoms with van der Waals surface area (Å²) in [6, 6.07) is 48.8. The highest BCUT2D eigenvalue weighted by Gasteiger charge is 2.30. The molecule has 6 aromatic carbocycles. The first-order valence-electron chi connectivity index (χ1n) is 15.1. The van der Waals surface area contributed by atoms with Gasteiger partial charge in [-0.3, -0.25) is 4.57 Å². The highest BCUT2D eigenvalue weighted by molar-refractivity contribution is 5.96. The number of nitrogens with one attached hydrogen (secondary N) is 1. The first-order valence-corrected chi connectivity index (χ1v) is 15.1. The molecule has 9 rings (SSSR count). The van der Waals surface area contributed by atoms with E-state index >= 15 is 0 Å². The molecular weight excluding hydrogens is 550 g/mol. The van der Waals surface area contributed by atoms with Crippen molar-refractivity contribution in [3.63, 3.8) is 0 Å². The van der Waals surface area contributed by atoms with Crippen LogP contribution in [-0.2, 0) is 0 Å². The van der Waals surface area contributed by atoms with Gasteiger partial charge in [0, 0.05) is 29.2 Å². The SMILES string of the molecule is c1ccc(-c2cc(-c3ccccc3)cc(-c3cnc(C4Nc5cc6ccccc6cc5-c5nc6ccccc6n54)nc3)c2)cc1. The summed E-state index contributed by atoms with van der Waals surface area (Å²) in [6.07, 6.45) is 3.57. The Morgan fingerprint density at radius 2 is 1.07 bits per heavy atom. The molecule has 1 aliphatic heterocycles. The first-order chi connectivity index (χ1) is 22.3. The molecule has 0 aliphatic carbocycles. The van der Waals surface area contributed by atoms with Gasteiger partial charge in [-0.25, -0.2) is 15.0 Å². The van der Waals surface area contributed by atoms with Crippen molar-refractivity contribution >= 4 is 27.5 Å². The summed E-state index contributed by atoms with van der Waals surface area (Å²) in [5, 5.41) is 6.12. The van der Waals surface area contributed by atoms with Crippen molar-refractivity contribution in [2.24, 2.45) is 0 Å². The van der Waals surface area contributed by atoms with Crippen LogP contribution >= 0.6 is 0 Å². The van der Waals surface area contributed by atoms with Crippen LogP contribution in [0, 0.1) is 0 Å². The van der Waals surface area contributed by atoms with Gasteiger partial charge in [0.2, 0.25) is 0 Å². The number of hydrogen-bond donors (Lipinski definition) is 1. The van der Waals surface area contributed by atoms with Crippen LogP contribution in [0.3, 0.4) is 0 Å². The molecule has 5 heteroatoms. The molecule has 212 valence electrons. The summed E-state index contributed by atoms with van der Waals surface area (Å²) in [6.45, 7) is 0. The van der Waals surface area contributed by atoms with Crippen LogP contribution in [0.2, 0.25) is 0 Å². The molecule has 0 saturated heterocycles. The molecule has 0 fully saturated rings. The average molecular weight is 578 g/mol. The number of nitrogens with zero attached hydrogens (tertiary/aromatic N) is 4. The van der Waals surface area contributed by atoms with Crippen LogP contribution < -0.4 is 5.32 Å². The number of imidazole rings is 1. The van der Waals surface area contributed by atoms with Crippen LogP contribution in [0.1, 0.15) is 12.0 Å². The lowest BCUT2D eigenvalue weighted by Gasteiger charge is -2.29. The molecule has 0 bridgehead atoms. The molecule has 1 aliphatic rings. The third-order valence-corrected chi connectivity index (χ3v) is 8.67. The van der Waals surface area contributed by atoms with Gasteiger partial charge in [-0.2, -0.15) is 0 Å². The number of rotatable bonds is 4. The zero-order valence-corrected chi connectivity index (χ0v) is 24.3. The van der Waals surface area contributed by atoms with Crippen molar-refractivity contribution in [3.05, 3.63) is 158 Å². The molecule has 0 saturated carbocycles. The summed E-state index contributed by atoms with van der Waals surface area (Å²) in [4.78, 5) is 15.1. The van der Waals surface area contributed by atoms with E-state index in [2.05, 4.69) is 131 Å². The fourth-order valence-corrected chi connectivity index (χ4v) is 6.45. The lowest BCUT2D eigenvalue weighted by atomic mass is 9.94. The maximum Gasteiger partial charge on any atom is 0.172 e. The second-order valence-corrected chi connectivity index (χ2v) is 11.4. The van der Waals surface area contributed by atoms with E-state index in [0.29, 0.717) is 5.82 Å². The highest BCUT2D eigenvalue weighted by atomic mass is 15.3. The molecule has 1 unspecified atom stereocenters. The number of aromatic nitrogens is 4. The number of hydrogen-bond acceptors (Lipinski definition) is 4. The van der Waals surface area contributed by atoms with Crippen LogP contribution in [0.25, 0.3) is 66.6 Å². The highest BCUT2D eigenvalue weighted by Crippen LogP contribution is 2.42. The molecule has 2 aromatic heterocycles. The van der Waals surface area contributed by atoms with Crippen LogP contribution in [-0.4, -0.2) is 19.5 Å². The molecular formula is C40H27N5. The Kier molecular flexibility index (Phi) is 5.81. The van der Waals surface area contributed by atoms with Crippen LogP contribution in [0.4, 0.5) is 5.69 Å². The van der Waals surface area contributed by atoms with Crippen molar-refractivity contribution in [2.45, 2.75) is 6.17 Å².